The molecule has 0 aliphatic heterocycles. The predicted molar refractivity (Wildman–Crippen MR) is 103 cm³/mol. The highest BCUT2D eigenvalue weighted by Crippen LogP contribution is 2.40. The van der Waals surface area contributed by atoms with Crippen LogP contribution in [0.1, 0.15) is 0 Å². The second-order valence-electron chi connectivity index (χ2n) is 5.17. The number of anilines is 1. The highest BCUT2D eigenvalue weighted by atomic mass is 32.2. The van der Waals surface area contributed by atoms with Crippen molar-refractivity contribution >= 4 is 51.6 Å². The topological polar surface area (TPSA) is 89.3 Å². The summed E-state index contributed by atoms with van der Waals surface area (Å²) in [5.74, 6) is -1.46. The molecule has 1 N–H and O–H groups in total. The maximum Gasteiger partial charge on any atom is 0.446 e. The Morgan fingerprint density at radius 3 is 2.54 bits per heavy atom. The number of nitro groups is 1. The molecular formula is C16H13F3N2O4S3. The van der Waals surface area contributed by atoms with Gasteiger partial charge < -0.3 is 5.32 Å². The van der Waals surface area contributed by atoms with Crippen molar-refractivity contribution in [2.75, 3.05) is 17.3 Å². The van der Waals surface area contributed by atoms with Crippen LogP contribution in [0, 0.1) is 10.1 Å². The van der Waals surface area contributed by atoms with E-state index in [9.17, 15) is 32.3 Å². The Bertz CT molecular complexity index is 922. The van der Waals surface area contributed by atoms with Crippen molar-refractivity contribution in [3.8, 4) is 0 Å². The first-order valence-corrected chi connectivity index (χ1v) is 10.8. The second kappa shape index (κ2) is 9.43. The highest BCUT2D eigenvalue weighted by Gasteiger charge is 2.30. The molecule has 0 aromatic heterocycles. The molecule has 6 nitrogen and oxygen atoms in total. The molecule has 1 amide bonds. The Hall–Kier alpha value is -2.05. The third-order valence-corrected chi connectivity index (χ3v) is 6.15. The monoisotopic (exact) mass is 450 g/mol. The van der Waals surface area contributed by atoms with Crippen molar-refractivity contribution in [2.24, 2.45) is 0 Å². The number of alkyl halides is 3. The zero-order valence-corrected chi connectivity index (χ0v) is 16.6. The van der Waals surface area contributed by atoms with Crippen LogP contribution >= 0.6 is 23.5 Å². The van der Waals surface area contributed by atoms with Crippen molar-refractivity contribution < 1.29 is 27.1 Å². The molecule has 0 saturated carbocycles. The van der Waals surface area contributed by atoms with Crippen LogP contribution in [0.5, 0.6) is 0 Å². The predicted octanol–water partition coefficient (Wildman–Crippen LogP) is 4.67. The molecule has 12 heteroatoms. The number of nitro benzene ring substituents is 1. The van der Waals surface area contributed by atoms with Crippen LogP contribution in [-0.4, -0.2) is 32.6 Å². The van der Waals surface area contributed by atoms with Gasteiger partial charge in [0, 0.05) is 15.9 Å². The SMILES string of the molecule is CSc1ccc(S(=O)CC(=O)Nc2ccccc2SC(F)(F)F)c([N+](=O)[O-])c1. The van der Waals surface area contributed by atoms with Gasteiger partial charge >= 0.3 is 5.51 Å². The van der Waals surface area contributed by atoms with Crippen molar-refractivity contribution in [3.05, 3.63) is 52.6 Å². The standard InChI is InChI=1S/C16H13F3N2O4S3/c1-26-10-6-7-14(12(8-10)21(23)24)28(25)9-15(22)20-11-4-2-3-5-13(11)27-16(17,18)19/h2-8H,9H2,1H3,(H,20,22). The number of nitrogens with one attached hydrogen (secondary N) is 1. The number of carbonyl (C=O) groups is 1. The molecule has 1 atom stereocenters. The smallest absolute Gasteiger partial charge is 0.324 e. The van der Waals surface area contributed by atoms with Gasteiger partial charge in [-0.05, 0) is 42.3 Å². The van der Waals surface area contributed by atoms with E-state index in [1.807, 2.05) is 0 Å². The molecule has 0 radical (unpaired) electrons. The molecule has 2 aromatic carbocycles. The number of rotatable bonds is 7. The van der Waals surface area contributed by atoms with Gasteiger partial charge in [0.05, 0.1) is 21.4 Å². The van der Waals surface area contributed by atoms with E-state index >= 15 is 0 Å². The average Bonchev–Trinajstić information content (AvgIpc) is 2.61. The average molecular weight is 450 g/mol. The third-order valence-electron chi connectivity index (χ3n) is 3.26. The van der Waals surface area contributed by atoms with Crippen LogP contribution in [0.2, 0.25) is 0 Å². The van der Waals surface area contributed by atoms with Crippen LogP contribution in [0.25, 0.3) is 0 Å². The molecular weight excluding hydrogens is 437 g/mol. The summed E-state index contributed by atoms with van der Waals surface area (Å²) in [5, 5.41) is 13.5. The largest absolute Gasteiger partial charge is 0.446 e. The summed E-state index contributed by atoms with van der Waals surface area (Å²) in [6.07, 6.45) is 1.72. The summed E-state index contributed by atoms with van der Waals surface area (Å²) in [6, 6.07) is 9.41. The fourth-order valence-electron chi connectivity index (χ4n) is 2.13. The fourth-order valence-corrected chi connectivity index (χ4v) is 4.24. The molecule has 28 heavy (non-hydrogen) atoms. The zero-order valence-electron chi connectivity index (χ0n) is 14.2. The quantitative estimate of drug-likeness (QED) is 0.374. The first-order valence-electron chi connectivity index (χ1n) is 7.46. The van der Waals surface area contributed by atoms with Gasteiger partial charge in [0.2, 0.25) is 5.91 Å². The number of para-hydroxylation sites is 1. The Labute approximate surface area is 168 Å². The number of thioether (sulfide) groups is 2. The van der Waals surface area contributed by atoms with Crippen LogP contribution < -0.4 is 5.32 Å². The van der Waals surface area contributed by atoms with E-state index in [4.69, 9.17) is 0 Å². The molecule has 2 aromatic rings. The molecule has 0 saturated heterocycles. The van der Waals surface area contributed by atoms with E-state index in [0.717, 1.165) is 0 Å². The lowest BCUT2D eigenvalue weighted by Gasteiger charge is -2.12. The molecule has 2 rings (SSSR count). The maximum atomic E-state index is 12.6. The Balaban J connectivity index is 2.17. The molecule has 0 fully saturated rings. The number of amides is 1. The van der Waals surface area contributed by atoms with Crippen LogP contribution in [0.4, 0.5) is 24.5 Å². The highest BCUT2D eigenvalue weighted by molar-refractivity contribution is 8.00. The number of carbonyl (C=O) groups excluding carboxylic acids is 1. The molecule has 0 spiro atoms. The van der Waals surface area contributed by atoms with Gasteiger partial charge in [-0.15, -0.1) is 11.8 Å². The molecule has 150 valence electrons. The first kappa shape index (κ1) is 22.2. The number of halogens is 3. The van der Waals surface area contributed by atoms with Crippen LogP contribution in [-0.2, 0) is 15.6 Å². The number of nitrogens with zero attached hydrogens (tertiary/aromatic N) is 1. The van der Waals surface area contributed by atoms with Crippen molar-refractivity contribution in [3.63, 3.8) is 0 Å². The van der Waals surface area contributed by atoms with Crippen molar-refractivity contribution in [2.45, 2.75) is 20.2 Å². The van der Waals surface area contributed by atoms with Gasteiger partial charge in [-0.25, -0.2) is 0 Å². The molecule has 0 aliphatic rings. The third kappa shape index (κ3) is 6.24. The fraction of sp³-hybridized carbons (Fsp3) is 0.188. The molecule has 0 bridgehead atoms. The first-order chi connectivity index (χ1) is 13.1. The van der Waals surface area contributed by atoms with Gasteiger partial charge in [0.15, 0.2) is 0 Å². The van der Waals surface area contributed by atoms with Crippen molar-refractivity contribution in [1.82, 2.24) is 0 Å². The summed E-state index contributed by atoms with van der Waals surface area (Å²) >= 11 is 0.878. The zero-order chi connectivity index (χ0) is 20.9. The van der Waals surface area contributed by atoms with Crippen molar-refractivity contribution in [1.29, 1.82) is 0 Å². The number of benzene rings is 2. The van der Waals surface area contributed by atoms with E-state index in [2.05, 4.69) is 5.32 Å². The summed E-state index contributed by atoms with van der Waals surface area (Å²) in [4.78, 5) is 22.9. The molecule has 0 heterocycles. The second-order valence-corrected chi connectivity index (χ2v) is 8.58. The number of hydrogen-bond donors (Lipinski definition) is 1. The maximum absolute atomic E-state index is 12.6. The summed E-state index contributed by atoms with van der Waals surface area (Å²) in [5.41, 5.74) is -5.01. The number of hydrogen-bond acceptors (Lipinski definition) is 6. The Kier molecular flexibility index (Phi) is 7.49. The van der Waals surface area contributed by atoms with E-state index in [-0.39, 0.29) is 32.9 Å². The minimum atomic E-state index is -4.54. The van der Waals surface area contributed by atoms with E-state index in [1.165, 1.54) is 54.2 Å². The minimum absolute atomic E-state index is 0.0842. The van der Waals surface area contributed by atoms with Crippen LogP contribution in [0.3, 0.4) is 0 Å². The van der Waals surface area contributed by atoms with Gasteiger partial charge in [-0.1, -0.05) is 12.1 Å². The summed E-state index contributed by atoms with van der Waals surface area (Å²) in [7, 11) is -2.05. The molecule has 0 aliphatic carbocycles. The van der Waals surface area contributed by atoms with Gasteiger partial charge in [-0.3, -0.25) is 19.1 Å². The van der Waals surface area contributed by atoms with E-state index < -0.39 is 32.9 Å². The lowest BCUT2D eigenvalue weighted by atomic mass is 10.3. The van der Waals surface area contributed by atoms with Gasteiger partial charge in [0.1, 0.15) is 10.6 Å². The lowest BCUT2D eigenvalue weighted by Crippen LogP contribution is -2.20. The molecule has 1 unspecified atom stereocenters. The summed E-state index contributed by atoms with van der Waals surface area (Å²) in [6.45, 7) is 0. The summed E-state index contributed by atoms with van der Waals surface area (Å²) < 4.78 is 50.3. The van der Waals surface area contributed by atoms with Gasteiger partial charge in [0.25, 0.3) is 5.69 Å². The lowest BCUT2D eigenvalue weighted by molar-refractivity contribution is -0.388. The van der Waals surface area contributed by atoms with E-state index in [1.54, 1.807) is 6.26 Å². The van der Waals surface area contributed by atoms with Crippen LogP contribution in [0.15, 0.2) is 57.2 Å². The normalized spacial score (nSPS) is 12.4. The van der Waals surface area contributed by atoms with E-state index in [0.29, 0.717) is 4.90 Å². The minimum Gasteiger partial charge on any atom is -0.324 e. The van der Waals surface area contributed by atoms with Gasteiger partial charge in [-0.2, -0.15) is 13.2 Å². The Morgan fingerprint density at radius 2 is 1.93 bits per heavy atom. The Morgan fingerprint density at radius 1 is 1.25 bits per heavy atom.